The van der Waals surface area contributed by atoms with E-state index in [1.807, 2.05) is 0 Å². The highest BCUT2D eigenvalue weighted by Crippen LogP contribution is 2.42. The average molecular weight is 592 g/mol. The lowest BCUT2D eigenvalue weighted by Gasteiger charge is -2.33. The number of alkyl halides is 3. The van der Waals surface area contributed by atoms with Crippen molar-refractivity contribution in [1.29, 1.82) is 0 Å². The normalized spacial score (nSPS) is 12.6. The molecular weight excluding hydrogens is 565 g/mol. The zero-order valence-corrected chi connectivity index (χ0v) is 23.0. The Balaban J connectivity index is 1.92. The Morgan fingerprint density at radius 2 is 1.63 bits per heavy atom. The Labute approximate surface area is 228 Å². The summed E-state index contributed by atoms with van der Waals surface area (Å²) in [7, 11) is -4.28. The zero-order chi connectivity index (χ0) is 28.3. The number of benzene rings is 3. The number of halogens is 5. The first-order valence-corrected chi connectivity index (χ1v) is 14.3. The van der Waals surface area contributed by atoms with Gasteiger partial charge in [-0.2, -0.15) is 13.2 Å². The number of nitrogens with one attached hydrogen (secondary N) is 1. The second kappa shape index (κ2) is 11.8. The van der Waals surface area contributed by atoms with E-state index in [-0.39, 0.29) is 35.1 Å². The predicted molar refractivity (Wildman–Crippen MR) is 142 cm³/mol. The van der Waals surface area contributed by atoms with Crippen LogP contribution in [0.4, 0.5) is 13.2 Å². The molecular formula is C26H27Cl2F3NO5P. The Hall–Kier alpha value is -2.29. The van der Waals surface area contributed by atoms with Crippen molar-refractivity contribution in [3.8, 4) is 5.75 Å². The van der Waals surface area contributed by atoms with Crippen molar-refractivity contribution in [1.82, 2.24) is 5.32 Å². The molecule has 12 heteroatoms. The molecule has 0 aromatic heterocycles. The number of hydrogen-bond donors (Lipinski definition) is 3. The van der Waals surface area contributed by atoms with Crippen LogP contribution in [-0.2, 0) is 17.3 Å². The third-order valence-electron chi connectivity index (χ3n) is 6.46. The Bertz CT molecular complexity index is 1350. The monoisotopic (exact) mass is 591 g/mol. The fraction of sp³-hybridized carbons (Fsp3) is 0.346. The van der Waals surface area contributed by atoms with Gasteiger partial charge in [0.2, 0.25) is 0 Å². The van der Waals surface area contributed by atoms with Crippen molar-refractivity contribution in [2.45, 2.75) is 51.4 Å². The largest absolute Gasteiger partial charge is 0.488 e. The predicted octanol–water partition coefficient (Wildman–Crippen LogP) is 7.60. The van der Waals surface area contributed by atoms with E-state index in [1.54, 1.807) is 26.0 Å². The van der Waals surface area contributed by atoms with Crippen LogP contribution >= 0.6 is 30.8 Å². The summed E-state index contributed by atoms with van der Waals surface area (Å²) in [5.74, 6) is -0.931. The van der Waals surface area contributed by atoms with Crippen LogP contribution in [0.15, 0.2) is 48.5 Å². The third kappa shape index (κ3) is 7.64. The lowest BCUT2D eigenvalue weighted by Crippen LogP contribution is -2.48. The van der Waals surface area contributed by atoms with Gasteiger partial charge in [-0.25, -0.2) is 0 Å². The summed E-state index contributed by atoms with van der Waals surface area (Å²) in [6, 6.07) is 11.1. The smallest absolute Gasteiger partial charge is 0.420 e. The summed E-state index contributed by atoms with van der Waals surface area (Å²) in [6.07, 6.45) is -4.25. The summed E-state index contributed by atoms with van der Waals surface area (Å²) in [6.45, 7) is 3.39. The van der Waals surface area contributed by atoms with Crippen molar-refractivity contribution < 1.29 is 37.1 Å². The number of amides is 1. The molecule has 0 atom stereocenters. The highest BCUT2D eigenvalue weighted by atomic mass is 35.5. The van der Waals surface area contributed by atoms with Gasteiger partial charge in [0.15, 0.2) is 0 Å². The molecule has 0 spiro atoms. The molecule has 0 radical (unpaired) electrons. The quantitative estimate of drug-likeness (QED) is 0.211. The highest BCUT2D eigenvalue weighted by molar-refractivity contribution is 7.51. The van der Waals surface area contributed by atoms with Gasteiger partial charge in [-0.1, -0.05) is 49.2 Å². The second-order valence-corrected chi connectivity index (χ2v) is 11.7. The zero-order valence-electron chi connectivity index (χ0n) is 20.6. The fourth-order valence-electron chi connectivity index (χ4n) is 4.23. The number of carbonyl (C=O) groups is 1. The first-order chi connectivity index (χ1) is 17.7. The molecule has 0 saturated carbocycles. The molecule has 0 saturated heterocycles. The van der Waals surface area contributed by atoms with Gasteiger partial charge in [-0.05, 0) is 72.0 Å². The molecule has 3 rings (SSSR count). The van der Waals surface area contributed by atoms with Crippen LogP contribution in [0.2, 0.25) is 10.0 Å². The van der Waals surface area contributed by atoms with Gasteiger partial charge in [0.05, 0.1) is 6.16 Å². The molecule has 0 unspecified atom stereocenters. The average Bonchev–Trinajstić information content (AvgIpc) is 2.82. The van der Waals surface area contributed by atoms with Crippen LogP contribution in [-0.4, -0.2) is 27.4 Å². The van der Waals surface area contributed by atoms with Crippen LogP contribution in [0.3, 0.4) is 0 Å². The van der Waals surface area contributed by atoms with Crippen molar-refractivity contribution in [3.05, 3.63) is 75.3 Å². The fourth-order valence-corrected chi connectivity index (χ4v) is 5.53. The molecule has 3 aromatic rings. The lowest BCUT2D eigenvalue weighted by atomic mass is 9.89. The van der Waals surface area contributed by atoms with E-state index < -0.39 is 36.9 Å². The van der Waals surface area contributed by atoms with E-state index in [0.717, 1.165) is 0 Å². The van der Waals surface area contributed by atoms with Gasteiger partial charge in [0.1, 0.15) is 17.9 Å². The number of carbonyl (C=O) groups excluding carboxylic acids is 1. The topological polar surface area (TPSA) is 95.9 Å². The molecule has 0 aliphatic carbocycles. The highest BCUT2D eigenvalue weighted by Gasteiger charge is 2.37. The summed E-state index contributed by atoms with van der Waals surface area (Å²) < 4.78 is 59.3. The maximum Gasteiger partial charge on any atom is 0.420 e. The van der Waals surface area contributed by atoms with E-state index in [9.17, 15) is 32.3 Å². The summed E-state index contributed by atoms with van der Waals surface area (Å²) in [4.78, 5) is 31.6. The molecule has 0 fully saturated rings. The molecule has 0 bridgehead atoms. The van der Waals surface area contributed by atoms with E-state index in [4.69, 9.17) is 27.9 Å². The van der Waals surface area contributed by atoms with Crippen molar-refractivity contribution in [2.24, 2.45) is 0 Å². The Kier molecular flexibility index (Phi) is 9.43. The molecule has 38 heavy (non-hydrogen) atoms. The summed E-state index contributed by atoms with van der Waals surface area (Å²) in [5, 5.41) is 3.52. The molecule has 0 aliphatic rings. The molecule has 206 valence electrons. The van der Waals surface area contributed by atoms with Crippen molar-refractivity contribution >= 4 is 47.5 Å². The molecule has 6 nitrogen and oxygen atoms in total. The summed E-state index contributed by atoms with van der Waals surface area (Å²) >= 11 is 11.9. The van der Waals surface area contributed by atoms with Crippen LogP contribution < -0.4 is 10.1 Å². The molecule has 3 N–H and O–H groups in total. The standard InChI is InChI=1S/C26H27Cl2F3NO5P/c1-3-25(4-2,9-10-38(34,35)36)32-24(33)18-5-7-21-17(13-18)6-8-22(23(21)26(29,30)31)37-15-16-11-19(27)14-20(28)12-16/h5-8,11-14H,3-4,9-10,15H2,1-2H3,(H,32,33)(H2,34,35,36). The van der Waals surface area contributed by atoms with E-state index in [1.165, 1.54) is 36.4 Å². The number of rotatable bonds is 10. The number of ether oxygens (including phenoxy) is 1. The van der Waals surface area contributed by atoms with Crippen LogP contribution in [0, 0.1) is 0 Å². The maximum atomic E-state index is 14.1. The Morgan fingerprint density at radius 1 is 1.00 bits per heavy atom. The minimum absolute atomic E-state index is 0.0559. The summed E-state index contributed by atoms with van der Waals surface area (Å²) in [5.41, 5.74) is -1.23. The minimum Gasteiger partial charge on any atom is -0.488 e. The minimum atomic E-state index is -4.74. The van der Waals surface area contributed by atoms with Crippen LogP contribution in [0.5, 0.6) is 5.75 Å². The van der Waals surface area contributed by atoms with Gasteiger partial charge in [0, 0.05) is 21.1 Å². The van der Waals surface area contributed by atoms with E-state index in [0.29, 0.717) is 28.5 Å². The van der Waals surface area contributed by atoms with Gasteiger partial charge in [-0.15, -0.1) is 0 Å². The number of fused-ring (bicyclic) bond motifs is 1. The molecule has 3 aromatic carbocycles. The van der Waals surface area contributed by atoms with Gasteiger partial charge in [-0.3, -0.25) is 9.36 Å². The lowest BCUT2D eigenvalue weighted by molar-refractivity contribution is -0.137. The van der Waals surface area contributed by atoms with Crippen LogP contribution in [0.1, 0.15) is 54.6 Å². The first kappa shape index (κ1) is 30.3. The first-order valence-electron chi connectivity index (χ1n) is 11.7. The number of hydrogen-bond acceptors (Lipinski definition) is 3. The maximum absolute atomic E-state index is 14.1. The van der Waals surface area contributed by atoms with E-state index in [2.05, 4.69) is 5.32 Å². The molecule has 0 heterocycles. The third-order valence-corrected chi connectivity index (χ3v) is 7.70. The van der Waals surface area contributed by atoms with Crippen molar-refractivity contribution in [2.75, 3.05) is 6.16 Å². The van der Waals surface area contributed by atoms with Crippen molar-refractivity contribution in [3.63, 3.8) is 0 Å². The SMILES string of the molecule is CCC(CC)(CCP(=O)(O)O)NC(=O)c1ccc2c(C(F)(F)F)c(OCc3cc(Cl)cc(Cl)c3)ccc2c1. The molecule has 1 amide bonds. The molecule has 0 aliphatic heterocycles. The Morgan fingerprint density at radius 3 is 2.18 bits per heavy atom. The van der Waals surface area contributed by atoms with Gasteiger partial charge < -0.3 is 19.8 Å². The van der Waals surface area contributed by atoms with E-state index >= 15 is 0 Å². The van der Waals surface area contributed by atoms with Crippen LogP contribution in [0.25, 0.3) is 10.8 Å². The van der Waals surface area contributed by atoms with Gasteiger partial charge >= 0.3 is 13.8 Å². The van der Waals surface area contributed by atoms with Gasteiger partial charge in [0.25, 0.3) is 5.91 Å². The second-order valence-electron chi connectivity index (χ2n) is 9.02.